The molecule has 0 atom stereocenters. The minimum atomic E-state index is -4.39. The molecule has 0 spiro atoms. The molecule has 0 bridgehead atoms. The number of halogens is 3. The Morgan fingerprint density at radius 2 is 1.95 bits per heavy atom. The maximum atomic E-state index is 12.4. The highest BCUT2D eigenvalue weighted by molar-refractivity contribution is 5.88. The summed E-state index contributed by atoms with van der Waals surface area (Å²) in [4.78, 5) is 13.7. The first-order chi connectivity index (χ1) is 9.88. The number of ether oxygens (including phenoxy) is 1. The molecule has 0 radical (unpaired) electrons. The van der Waals surface area contributed by atoms with Gasteiger partial charge in [0.1, 0.15) is 5.70 Å². The van der Waals surface area contributed by atoms with E-state index in [-0.39, 0.29) is 5.70 Å². The zero-order valence-corrected chi connectivity index (χ0v) is 10.8. The Hall–Kier alpha value is -2.73. The summed E-state index contributed by atoms with van der Waals surface area (Å²) in [5.74, 6) is -0.815. The van der Waals surface area contributed by atoms with Crippen LogP contribution in [-0.2, 0) is 15.7 Å². The second-order valence-corrected chi connectivity index (χ2v) is 3.71. The van der Waals surface area contributed by atoms with E-state index in [2.05, 4.69) is 14.8 Å². The van der Waals surface area contributed by atoms with E-state index in [1.807, 2.05) is 0 Å². The number of carbonyl (C=O) groups excluding carboxylic acids is 1. The van der Waals surface area contributed by atoms with Gasteiger partial charge in [0.05, 0.1) is 12.7 Å². The third-order valence-corrected chi connectivity index (χ3v) is 2.33. The van der Waals surface area contributed by atoms with Crippen molar-refractivity contribution in [3.05, 3.63) is 63.7 Å². The largest absolute Gasteiger partial charge is 0.466 e. The number of benzene rings is 1. The van der Waals surface area contributed by atoms with Crippen molar-refractivity contribution in [1.29, 1.82) is 0 Å². The van der Waals surface area contributed by atoms with Crippen molar-refractivity contribution in [3.63, 3.8) is 0 Å². The summed E-state index contributed by atoms with van der Waals surface area (Å²) in [6.07, 6.45) is -0.371. The van der Waals surface area contributed by atoms with Crippen LogP contribution in [-0.4, -0.2) is 13.1 Å². The molecule has 0 aliphatic rings. The van der Waals surface area contributed by atoms with E-state index in [9.17, 15) is 18.0 Å². The van der Waals surface area contributed by atoms with E-state index in [1.165, 1.54) is 30.4 Å². The van der Waals surface area contributed by atoms with E-state index in [0.717, 1.165) is 19.2 Å². The quantitative estimate of drug-likeness (QED) is 0.210. The summed E-state index contributed by atoms with van der Waals surface area (Å²) >= 11 is 0. The molecule has 1 aromatic carbocycles. The second kappa shape index (κ2) is 7.16. The standard InChI is InChI=1S/C13H10F3N3O2/c1-21-12(20)11(18-19-17)4-2-3-9-5-7-10(8-6-9)13(14,15)16/h2-8H,1H3/b3-2+,11-4-. The Kier molecular flexibility index (Phi) is 5.57. The molecule has 0 fully saturated rings. The lowest BCUT2D eigenvalue weighted by Crippen LogP contribution is -2.03. The van der Waals surface area contributed by atoms with Crippen LogP contribution >= 0.6 is 0 Å². The maximum Gasteiger partial charge on any atom is 0.416 e. The number of hydrogen-bond donors (Lipinski definition) is 0. The molecule has 0 amide bonds. The van der Waals surface area contributed by atoms with Gasteiger partial charge in [-0.1, -0.05) is 29.4 Å². The summed E-state index contributed by atoms with van der Waals surface area (Å²) in [5, 5.41) is 3.14. The van der Waals surface area contributed by atoms with Gasteiger partial charge in [-0.25, -0.2) is 4.79 Å². The molecule has 0 saturated carbocycles. The van der Waals surface area contributed by atoms with Crippen LogP contribution in [0.2, 0.25) is 0 Å². The molecule has 0 heterocycles. The van der Waals surface area contributed by atoms with Crippen molar-refractivity contribution in [2.45, 2.75) is 6.18 Å². The van der Waals surface area contributed by atoms with Gasteiger partial charge in [0, 0.05) is 4.91 Å². The molecule has 0 aliphatic heterocycles. The minimum absolute atomic E-state index is 0.261. The molecule has 0 aliphatic carbocycles. The smallest absolute Gasteiger partial charge is 0.416 e. The summed E-state index contributed by atoms with van der Waals surface area (Å²) in [6.45, 7) is 0. The zero-order valence-electron chi connectivity index (χ0n) is 10.8. The number of alkyl halides is 3. The monoisotopic (exact) mass is 297 g/mol. The predicted molar refractivity (Wildman–Crippen MR) is 69.7 cm³/mol. The molecule has 110 valence electrons. The average Bonchev–Trinajstić information content (AvgIpc) is 2.45. The van der Waals surface area contributed by atoms with Crippen LogP contribution in [0, 0.1) is 0 Å². The first kappa shape index (κ1) is 16.3. The minimum Gasteiger partial charge on any atom is -0.466 e. The molecular formula is C13H10F3N3O2. The number of nitrogens with zero attached hydrogens (tertiary/aromatic N) is 3. The number of azide groups is 1. The first-order valence-corrected chi connectivity index (χ1v) is 5.57. The number of methoxy groups -OCH3 is 1. The number of esters is 1. The Bertz CT molecular complexity index is 613. The normalized spacial score (nSPS) is 12.1. The highest BCUT2D eigenvalue weighted by Crippen LogP contribution is 2.29. The van der Waals surface area contributed by atoms with Crippen LogP contribution in [0.25, 0.3) is 16.5 Å². The molecule has 1 rings (SSSR count). The number of carbonyl (C=O) groups is 1. The Morgan fingerprint density at radius 1 is 1.33 bits per heavy atom. The molecule has 0 aromatic heterocycles. The fourth-order valence-corrected chi connectivity index (χ4v) is 1.33. The first-order valence-electron chi connectivity index (χ1n) is 5.57. The van der Waals surface area contributed by atoms with Crippen LogP contribution in [0.5, 0.6) is 0 Å². The third-order valence-electron chi connectivity index (χ3n) is 2.33. The molecule has 0 N–H and O–H groups in total. The maximum absolute atomic E-state index is 12.4. The van der Waals surface area contributed by atoms with Crippen molar-refractivity contribution in [3.8, 4) is 0 Å². The molecule has 0 unspecified atom stereocenters. The molecule has 21 heavy (non-hydrogen) atoms. The van der Waals surface area contributed by atoms with Gasteiger partial charge >= 0.3 is 12.1 Å². The van der Waals surface area contributed by atoms with Crippen LogP contribution < -0.4 is 0 Å². The van der Waals surface area contributed by atoms with Crippen molar-refractivity contribution >= 4 is 12.0 Å². The molecule has 8 heteroatoms. The van der Waals surface area contributed by atoms with E-state index < -0.39 is 17.7 Å². The van der Waals surface area contributed by atoms with Crippen LogP contribution in [0.3, 0.4) is 0 Å². The molecule has 0 saturated heterocycles. The highest BCUT2D eigenvalue weighted by Gasteiger charge is 2.29. The lowest BCUT2D eigenvalue weighted by Gasteiger charge is -2.05. The Labute approximate surface area is 118 Å². The Morgan fingerprint density at radius 3 is 2.43 bits per heavy atom. The van der Waals surface area contributed by atoms with Gasteiger partial charge < -0.3 is 4.74 Å². The van der Waals surface area contributed by atoms with Crippen LogP contribution in [0.15, 0.2) is 47.2 Å². The van der Waals surface area contributed by atoms with Gasteiger partial charge in [-0.3, -0.25) is 0 Å². The van der Waals surface area contributed by atoms with Gasteiger partial charge in [-0.2, -0.15) is 13.2 Å². The third kappa shape index (κ3) is 5.04. The van der Waals surface area contributed by atoms with Crippen molar-refractivity contribution < 1.29 is 22.7 Å². The zero-order chi connectivity index (χ0) is 15.9. The number of allylic oxidation sites excluding steroid dienone is 2. The van der Waals surface area contributed by atoms with E-state index in [4.69, 9.17) is 5.53 Å². The van der Waals surface area contributed by atoms with Gasteiger partial charge in [0.2, 0.25) is 0 Å². The topological polar surface area (TPSA) is 75.1 Å². The number of rotatable bonds is 4. The fraction of sp³-hybridized carbons (Fsp3) is 0.154. The SMILES string of the molecule is COC(=O)/C(=C/C=C/c1ccc(C(F)(F)F)cc1)N=[N+]=[N-]. The van der Waals surface area contributed by atoms with Gasteiger partial charge in [-0.05, 0) is 29.3 Å². The van der Waals surface area contributed by atoms with Crippen molar-refractivity contribution in [2.24, 2.45) is 5.11 Å². The van der Waals surface area contributed by atoms with E-state index in [1.54, 1.807) is 0 Å². The lowest BCUT2D eigenvalue weighted by molar-refractivity contribution is -0.138. The predicted octanol–water partition coefficient (Wildman–Crippen LogP) is 4.09. The van der Waals surface area contributed by atoms with E-state index in [0.29, 0.717) is 5.56 Å². The lowest BCUT2D eigenvalue weighted by atomic mass is 10.1. The van der Waals surface area contributed by atoms with E-state index >= 15 is 0 Å². The van der Waals surface area contributed by atoms with Gasteiger partial charge in [-0.15, -0.1) is 0 Å². The van der Waals surface area contributed by atoms with Crippen molar-refractivity contribution in [1.82, 2.24) is 0 Å². The second-order valence-electron chi connectivity index (χ2n) is 3.71. The highest BCUT2D eigenvalue weighted by atomic mass is 19.4. The van der Waals surface area contributed by atoms with Crippen LogP contribution in [0.4, 0.5) is 13.2 Å². The summed E-state index contributed by atoms with van der Waals surface area (Å²) in [5.41, 5.74) is 7.76. The van der Waals surface area contributed by atoms with Gasteiger partial charge in [0.15, 0.2) is 0 Å². The summed E-state index contributed by atoms with van der Waals surface area (Å²) in [6, 6.07) is 4.44. The summed E-state index contributed by atoms with van der Waals surface area (Å²) < 4.78 is 41.5. The van der Waals surface area contributed by atoms with Crippen LogP contribution in [0.1, 0.15) is 11.1 Å². The van der Waals surface area contributed by atoms with Gasteiger partial charge in [0.25, 0.3) is 0 Å². The molecule has 5 nitrogen and oxygen atoms in total. The fourth-order valence-electron chi connectivity index (χ4n) is 1.33. The molecule has 1 aromatic rings. The average molecular weight is 297 g/mol. The summed E-state index contributed by atoms with van der Waals surface area (Å²) in [7, 11) is 1.13. The number of hydrogen-bond acceptors (Lipinski definition) is 3. The Balaban J connectivity index is 2.89. The van der Waals surface area contributed by atoms with Crippen molar-refractivity contribution in [2.75, 3.05) is 7.11 Å². The molecular weight excluding hydrogens is 287 g/mol.